The van der Waals surface area contributed by atoms with E-state index in [1.807, 2.05) is 38.1 Å². The van der Waals surface area contributed by atoms with Crippen molar-refractivity contribution in [1.82, 2.24) is 4.98 Å². The lowest BCUT2D eigenvalue weighted by atomic mass is 9.96. The maximum absolute atomic E-state index is 11.8. The summed E-state index contributed by atoms with van der Waals surface area (Å²) in [6.07, 6.45) is 3.24. The Balaban J connectivity index is 2.25. The maximum Gasteiger partial charge on any atom is 0.266 e. The van der Waals surface area contributed by atoms with E-state index in [1.165, 1.54) is 4.31 Å². The Morgan fingerprint density at radius 3 is 2.63 bits per heavy atom. The number of allylic oxidation sites excluding steroid dienone is 1. The van der Waals surface area contributed by atoms with Gasteiger partial charge < -0.3 is 10.7 Å². The number of aryl methyl sites for hydroxylation is 2. The molecule has 0 radical (unpaired) electrons. The van der Waals surface area contributed by atoms with Gasteiger partial charge in [0.2, 0.25) is 0 Å². The smallest absolute Gasteiger partial charge is 0.266 e. The molecule has 0 saturated carbocycles. The van der Waals surface area contributed by atoms with Gasteiger partial charge in [-0.1, -0.05) is 24.3 Å². The van der Waals surface area contributed by atoms with Crippen LogP contribution in [0.4, 0.5) is 5.69 Å². The maximum atomic E-state index is 11.8. The third-order valence-corrected chi connectivity index (χ3v) is 5.25. The van der Waals surface area contributed by atoms with Gasteiger partial charge in [-0.2, -0.15) is 0 Å². The summed E-state index contributed by atoms with van der Waals surface area (Å²) in [5.41, 5.74) is 11.0. The van der Waals surface area contributed by atoms with Crippen LogP contribution >= 0.6 is 0 Å². The molecule has 0 spiro atoms. The quantitative estimate of drug-likeness (QED) is 0.580. The van der Waals surface area contributed by atoms with Crippen LogP contribution in [0.25, 0.3) is 22.0 Å². The Morgan fingerprint density at radius 2 is 2.00 bits per heavy atom. The van der Waals surface area contributed by atoms with Crippen molar-refractivity contribution in [3.63, 3.8) is 0 Å². The zero-order valence-corrected chi connectivity index (χ0v) is 16.1. The summed E-state index contributed by atoms with van der Waals surface area (Å²) in [6.45, 7) is 5.71. The van der Waals surface area contributed by atoms with Crippen molar-refractivity contribution < 1.29 is 13.6 Å². The number of amides is 1. The second-order valence-electron chi connectivity index (χ2n) is 6.24. The van der Waals surface area contributed by atoms with Gasteiger partial charge in [-0.15, -0.1) is 0 Å². The standard InChI is InChI=1S/C20H21N3O3S/c1-4-10-23(27(25)26)15-7-5-6-14(11-15)16-8-9-17(20(21)24)19-18(16)12(2)13(3)22-19/h4-11,22H,1-3H3,(H2,21,24)(H,25,26). The first-order valence-corrected chi connectivity index (χ1v) is 9.46. The van der Waals surface area contributed by atoms with Gasteiger partial charge in [0.05, 0.1) is 16.8 Å². The summed E-state index contributed by atoms with van der Waals surface area (Å²) in [4.78, 5) is 15.1. The zero-order valence-electron chi connectivity index (χ0n) is 15.3. The highest BCUT2D eigenvalue weighted by atomic mass is 32.2. The summed E-state index contributed by atoms with van der Waals surface area (Å²) < 4.78 is 22.5. The van der Waals surface area contributed by atoms with Crippen LogP contribution in [0.2, 0.25) is 0 Å². The fraction of sp³-hybridized carbons (Fsp3) is 0.150. The van der Waals surface area contributed by atoms with E-state index in [-0.39, 0.29) is 0 Å². The van der Waals surface area contributed by atoms with Crippen molar-refractivity contribution in [3.05, 3.63) is 65.5 Å². The van der Waals surface area contributed by atoms with Gasteiger partial charge in [0.15, 0.2) is 0 Å². The molecule has 1 amide bonds. The summed E-state index contributed by atoms with van der Waals surface area (Å²) in [5.74, 6) is -0.489. The number of rotatable bonds is 5. The molecule has 0 bridgehead atoms. The highest BCUT2D eigenvalue weighted by Gasteiger charge is 2.17. The van der Waals surface area contributed by atoms with Crippen LogP contribution in [0.15, 0.2) is 48.7 Å². The molecule has 2 aromatic carbocycles. The number of fused-ring (bicyclic) bond motifs is 1. The fourth-order valence-corrected chi connectivity index (χ4v) is 3.73. The molecule has 3 rings (SSSR count). The predicted molar refractivity (Wildman–Crippen MR) is 110 cm³/mol. The molecule has 140 valence electrons. The number of primary amides is 1. The van der Waals surface area contributed by atoms with Crippen molar-refractivity contribution in [2.24, 2.45) is 5.73 Å². The van der Waals surface area contributed by atoms with E-state index in [2.05, 4.69) is 4.98 Å². The van der Waals surface area contributed by atoms with Crippen LogP contribution in [0.5, 0.6) is 0 Å². The molecule has 1 unspecified atom stereocenters. The van der Waals surface area contributed by atoms with Crippen molar-refractivity contribution in [2.75, 3.05) is 4.31 Å². The third-order valence-electron chi connectivity index (χ3n) is 4.59. The van der Waals surface area contributed by atoms with Crippen LogP contribution in [0.3, 0.4) is 0 Å². The van der Waals surface area contributed by atoms with Gasteiger partial charge in [-0.25, -0.2) is 8.51 Å². The number of aromatic nitrogens is 1. The SMILES string of the molecule is CC=CN(c1cccc(-c2ccc(C(N)=O)c3[nH]c(C)c(C)c23)c1)S(=O)O. The largest absolute Gasteiger partial charge is 0.366 e. The molecule has 0 fully saturated rings. The molecule has 4 N–H and O–H groups in total. The molecule has 6 nitrogen and oxygen atoms in total. The van der Waals surface area contributed by atoms with Crippen LogP contribution in [0.1, 0.15) is 28.5 Å². The minimum atomic E-state index is -2.18. The number of hydrogen-bond acceptors (Lipinski definition) is 2. The van der Waals surface area contributed by atoms with E-state index < -0.39 is 17.2 Å². The Kier molecular flexibility index (Phi) is 5.16. The monoisotopic (exact) mass is 383 g/mol. The number of nitrogens with zero attached hydrogens (tertiary/aromatic N) is 1. The number of benzene rings is 2. The van der Waals surface area contributed by atoms with Gasteiger partial charge in [0.1, 0.15) is 0 Å². The normalized spacial score (nSPS) is 12.6. The van der Waals surface area contributed by atoms with Crippen molar-refractivity contribution in [1.29, 1.82) is 0 Å². The van der Waals surface area contributed by atoms with E-state index in [9.17, 15) is 13.6 Å². The average Bonchev–Trinajstić information content (AvgIpc) is 2.93. The molecule has 7 heteroatoms. The van der Waals surface area contributed by atoms with Crippen molar-refractivity contribution in [3.8, 4) is 11.1 Å². The van der Waals surface area contributed by atoms with Gasteiger partial charge in [-0.05, 0) is 55.7 Å². The number of anilines is 1. The topological polar surface area (TPSA) is 99.4 Å². The number of nitrogens with two attached hydrogens (primary N) is 1. The van der Waals surface area contributed by atoms with Gasteiger partial charge >= 0.3 is 0 Å². The lowest BCUT2D eigenvalue weighted by Crippen LogP contribution is -2.18. The summed E-state index contributed by atoms with van der Waals surface area (Å²) in [5, 5.41) is 0.920. The van der Waals surface area contributed by atoms with E-state index in [1.54, 1.807) is 31.3 Å². The molecule has 0 aliphatic rings. The number of hydrogen-bond donors (Lipinski definition) is 3. The number of nitrogens with one attached hydrogen (secondary N) is 1. The number of H-pyrrole nitrogens is 1. The Bertz CT molecular complexity index is 1090. The molecular weight excluding hydrogens is 362 g/mol. The van der Waals surface area contributed by atoms with Gasteiger partial charge in [0.25, 0.3) is 17.2 Å². The highest BCUT2D eigenvalue weighted by molar-refractivity contribution is 7.80. The predicted octanol–water partition coefficient (Wildman–Crippen LogP) is 4.03. The van der Waals surface area contributed by atoms with Crippen LogP contribution in [-0.4, -0.2) is 19.7 Å². The number of carbonyl (C=O) groups excluding carboxylic acids is 1. The Labute approximate surface area is 160 Å². The second-order valence-corrected chi connectivity index (χ2v) is 7.09. The molecule has 1 heterocycles. The number of aromatic amines is 1. The molecule has 27 heavy (non-hydrogen) atoms. The molecule has 0 aliphatic heterocycles. The van der Waals surface area contributed by atoms with Crippen molar-refractivity contribution >= 4 is 33.8 Å². The second kappa shape index (κ2) is 7.38. The van der Waals surface area contributed by atoms with Crippen LogP contribution in [-0.2, 0) is 11.3 Å². The minimum Gasteiger partial charge on any atom is -0.366 e. The Morgan fingerprint density at radius 1 is 1.26 bits per heavy atom. The van der Waals surface area contributed by atoms with E-state index in [0.29, 0.717) is 16.8 Å². The average molecular weight is 383 g/mol. The third kappa shape index (κ3) is 3.39. The van der Waals surface area contributed by atoms with Gasteiger partial charge in [-0.3, -0.25) is 9.35 Å². The van der Waals surface area contributed by atoms with Gasteiger partial charge in [0, 0.05) is 17.3 Å². The van der Waals surface area contributed by atoms with Crippen molar-refractivity contribution in [2.45, 2.75) is 20.8 Å². The molecule has 0 saturated heterocycles. The summed E-state index contributed by atoms with van der Waals surface area (Å²) >= 11 is -2.18. The molecule has 1 atom stereocenters. The van der Waals surface area contributed by atoms with E-state index in [0.717, 1.165) is 27.8 Å². The lowest BCUT2D eigenvalue weighted by Gasteiger charge is -2.16. The minimum absolute atomic E-state index is 0.438. The van der Waals surface area contributed by atoms with Crippen LogP contribution in [0, 0.1) is 13.8 Å². The molecule has 3 aromatic rings. The first-order chi connectivity index (χ1) is 12.8. The zero-order chi connectivity index (χ0) is 19.7. The first-order valence-electron chi connectivity index (χ1n) is 8.40. The fourth-order valence-electron chi connectivity index (χ4n) is 3.21. The molecule has 0 aliphatic carbocycles. The van der Waals surface area contributed by atoms with Crippen LogP contribution < -0.4 is 10.0 Å². The highest BCUT2D eigenvalue weighted by Crippen LogP contribution is 2.36. The summed E-state index contributed by atoms with van der Waals surface area (Å²) in [7, 11) is 0. The summed E-state index contributed by atoms with van der Waals surface area (Å²) in [6, 6.07) is 10.9. The van der Waals surface area contributed by atoms with E-state index >= 15 is 0 Å². The molecular formula is C20H21N3O3S. The molecule has 1 aromatic heterocycles. The number of carbonyl (C=O) groups is 1. The first kappa shape index (κ1) is 18.9. The van der Waals surface area contributed by atoms with E-state index in [4.69, 9.17) is 5.73 Å². The Hall–Kier alpha value is -2.90. The lowest BCUT2D eigenvalue weighted by molar-refractivity contribution is 0.100.